The summed E-state index contributed by atoms with van der Waals surface area (Å²) in [7, 11) is 1.79. The van der Waals surface area contributed by atoms with Gasteiger partial charge in [-0.3, -0.25) is 4.90 Å². The number of likely N-dealkylation sites (tertiary alicyclic amines) is 1. The molecule has 0 aromatic heterocycles. The molecule has 2 aliphatic rings. The van der Waals surface area contributed by atoms with E-state index in [1.807, 2.05) is 12.1 Å². The maximum absolute atomic E-state index is 13.9. The predicted octanol–water partition coefficient (Wildman–Crippen LogP) is 2.27. The lowest BCUT2D eigenvalue weighted by Gasteiger charge is -2.38. The van der Waals surface area contributed by atoms with E-state index in [4.69, 9.17) is 4.74 Å². The molecule has 3 rings (SSSR count). The SMILES string of the molecule is COCC1CN(Cc2ccccc2F)CC12CCNCC2. The van der Waals surface area contributed by atoms with Crippen LogP contribution in [-0.2, 0) is 11.3 Å². The largest absolute Gasteiger partial charge is 0.384 e. The van der Waals surface area contributed by atoms with Gasteiger partial charge in [0.2, 0.25) is 0 Å². The Balaban J connectivity index is 1.72. The van der Waals surface area contributed by atoms with Crippen molar-refractivity contribution >= 4 is 0 Å². The van der Waals surface area contributed by atoms with Crippen molar-refractivity contribution in [3.63, 3.8) is 0 Å². The highest BCUT2D eigenvalue weighted by atomic mass is 19.1. The summed E-state index contributed by atoms with van der Waals surface area (Å²) < 4.78 is 19.3. The van der Waals surface area contributed by atoms with E-state index in [0.717, 1.165) is 38.3 Å². The Morgan fingerprint density at radius 1 is 1.33 bits per heavy atom. The molecule has 0 aliphatic carbocycles. The van der Waals surface area contributed by atoms with Crippen molar-refractivity contribution < 1.29 is 9.13 Å². The van der Waals surface area contributed by atoms with Crippen molar-refractivity contribution in [2.45, 2.75) is 19.4 Å². The molecule has 4 heteroatoms. The molecule has 116 valence electrons. The van der Waals surface area contributed by atoms with Crippen LogP contribution in [-0.4, -0.2) is 44.8 Å². The molecule has 1 spiro atoms. The molecule has 21 heavy (non-hydrogen) atoms. The third-order valence-corrected chi connectivity index (χ3v) is 5.20. The van der Waals surface area contributed by atoms with E-state index < -0.39 is 0 Å². The smallest absolute Gasteiger partial charge is 0.127 e. The van der Waals surface area contributed by atoms with E-state index in [1.165, 1.54) is 12.8 Å². The van der Waals surface area contributed by atoms with Crippen molar-refractivity contribution in [3.05, 3.63) is 35.6 Å². The van der Waals surface area contributed by atoms with Crippen molar-refractivity contribution in [1.29, 1.82) is 0 Å². The van der Waals surface area contributed by atoms with Crippen LogP contribution in [0.4, 0.5) is 4.39 Å². The predicted molar refractivity (Wildman–Crippen MR) is 81.6 cm³/mol. The highest BCUT2D eigenvalue weighted by Crippen LogP contribution is 2.43. The number of hydrogen-bond acceptors (Lipinski definition) is 3. The summed E-state index contributed by atoms with van der Waals surface area (Å²) in [5, 5.41) is 3.45. The van der Waals surface area contributed by atoms with Gasteiger partial charge in [0, 0.05) is 38.2 Å². The van der Waals surface area contributed by atoms with Crippen LogP contribution >= 0.6 is 0 Å². The van der Waals surface area contributed by atoms with E-state index in [1.54, 1.807) is 19.2 Å². The van der Waals surface area contributed by atoms with Gasteiger partial charge < -0.3 is 10.1 Å². The molecular weight excluding hydrogens is 267 g/mol. The minimum Gasteiger partial charge on any atom is -0.384 e. The molecule has 1 aromatic rings. The highest BCUT2D eigenvalue weighted by molar-refractivity contribution is 5.17. The van der Waals surface area contributed by atoms with Crippen molar-refractivity contribution in [3.8, 4) is 0 Å². The van der Waals surface area contributed by atoms with Gasteiger partial charge in [0.15, 0.2) is 0 Å². The van der Waals surface area contributed by atoms with Gasteiger partial charge in [-0.25, -0.2) is 4.39 Å². The first-order valence-electron chi connectivity index (χ1n) is 7.89. The summed E-state index contributed by atoms with van der Waals surface area (Å²) in [6.45, 7) is 5.79. The fourth-order valence-electron chi connectivity index (χ4n) is 4.05. The van der Waals surface area contributed by atoms with E-state index >= 15 is 0 Å². The minimum absolute atomic E-state index is 0.0907. The van der Waals surface area contributed by atoms with Crippen LogP contribution in [0.15, 0.2) is 24.3 Å². The van der Waals surface area contributed by atoms with E-state index in [2.05, 4.69) is 10.2 Å². The lowest BCUT2D eigenvalue weighted by molar-refractivity contribution is 0.0716. The fourth-order valence-corrected chi connectivity index (χ4v) is 4.05. The Labute approximate surface area is 126 Å². The van der Waals surface area contributed by atoms with Crippen LogP contribution in [0.2, 0.25) is 0 Å². The number of piperidine rings is 1. The van der Waals surface area contributed by atoms with E-state index in [9.17, 15) is 4.39 Å². The summed E-state index contributed by atoms with van der Waals surface area (Å²) in [5.41, 5.74) is 1.16. The lowest BCUT2D eigenvalue weighted by Crippen LogP contribution is -2.43. The average molecular weight is 292 g/mol. The van der Waals surface area contributed by atoms with E-state index in [-0.39, 0.29) is 5.82 Å². The third kappa shape index (κ3) is 3.12. The van der Waals surface area contributed by atoms with Gasteiger partial charge in [-0.1, -0.05) is 18.2 Å². The second kappa shape index (κ2) is 6.42. The van der Waals surface area contributed by atoms with Crippen LogP contribution in [0.25, 0.3) is 0 Å². The second-order valence-electron chi connectivity index (χ2n) is 6.53. The minimum atomic E-state index is -0.0907. The first kappa shape index (κ1) is 14.9. The molecule has 2 fully saturated rings. The summed E-state index contributed by atoms with van der Waals surface area (Å²) in [6.07, 6.45) is 2.41. The van der Waals surface area contributed by atoms with Gasteiger partial charge in [-0.05, 0) is 37.4 Å². The number of halogens is 1. The van der Waals surface area contributed by atoms with Gasteiger partial charge in [0.25, 0.3) is 0 Å². The van der Waals surface area contributed by atoms with Crippen molar-refractivity contribution in [2.75, 3.05) is 39.9 Å². The summed E-state index contributed by atoms with van der Waals surface area (Å²) in [5.74, 6) is 0.475. The average Bonchev–Trinajstić information content (AvgIpc) is 2.80. The van der Waals surface area contributed by atoms with Gasteiger partial charge >= 0.3 is 0 Å². The number of benzene rings is 1. The molecule has 1 N–H and O–H groups in total. The molecule has 3 nitrogen and oxygen atoms in total. The molecule has 2 aliphatic heterocycles. The summed E-state index contributed by atoms with van der Waals surface area (Å²) in [4.78, 5) is 2.41. The Bertz CT molecular complexity index is 474. The molecule has 2 saturated heterocycles. The first-order valence-corrected chi connectivity index (χ1v) is 7.89. The normalized spacial score (nSPS) is 25.5. The van der Waals surface area contributed by atoms with Crippen LogP contribution in [0.5, 0.6) is 0 Å². The Hall–Kier alpha value is -0.970. The number of nitrogens with one attached hydrogen (secondary N) is 1. The molecule has 0 amide bonds. The zero-order valence-electron chi connectivity index (χ0n) is 12.8. The number of hydrogen-bond donors (Lipinski definition) is 1. The number of methoxy groups -OCH3 is 1. The lowest BCUT2D eigenvalue weighted by atomic mass is 9.71. The molecule has 1 unspecified atom stereocenters. The van der Waals surface area contributed by atoms with Crippen LogP contribution in [0, 0.1) is 17.2 Å². The molecule has 0 bridgehead atoms. The molecule has 0 radical (unpaired) electrons. The van der Waals surface area contributed by atoms with Gasteiger partial charge in [0.05, 0.1) is 6.61 Å². The maximum atomic E-state index is 13.9. The highest BCUT2D eigenvalue weighted by Gasteiger charge is 2.46. The van der Waals surface area contributed by atoms with Crippen LogP contribution < -0.4 is 5.32 Å². The van der Waals surface area contributed by atoms with Gasteiger partial charge in [-0.2, -0.15) is 0 Å². The zero-order valence-corrected chi connectivity index (χ0v) is 12.8. The van der Waals surface area contributed by atoms with Crippen LogP contribution in [0.1, 0.15) is 18.4 Å². The molecule has 1 atom stereocenters. The quantitative estimate of drug-likeness (QED) is 0.921. The van der Waals surface area contributed by atoms with E-state index in [0.29, 0.717) is 17.9 Å². The molecule has 0 saturated carbocycles. The van der Waals surface area contributed by atoms with Gasteiger partial charge in [-0.15, -0.1) is 0 Å². The molecular formula is C17H25FN2O. The first-order chi connectivity index (χ1) is 10.2. The number of nitrogens with zero attached hydrogens (tertiary/aromatic N) is 1. The topological polar surface area (TPSA) is 24.5 Å². The fraction of sp³-hybridized carbons (Fsp3) is 0.647. The third-order valence-electron chi connectivity index (χ3n) is 5.20. The van der Waals surface area contributed by atoms with Crippen molar-refractivity contribution in [2.24, 2.45) is 11.3 Å². The Morgan fingerprint density at radius 3 is 2.81 bits per heavy atom. The Morgan fingerprint density at radius 2 is 2.10 bits per heavy atom. The monoisotopic (exact) mass is 292 g/mol. The van der Waals surface area contributed by atoms with Gasteiger partial charge in [0.1, 0.15) is 5.82 Å². The number of rotatable bonds is 4. The molecule has 1 aromatic carbocycles. The second-order valence-corrected chi connectivity index (χ2v) is 6.53. The maximum Gasteiger partial charge on any atom is 0.127 e. The van der Waals surface area contributed by atoms with Crippen molar-refractivity contribution in [1.82, 2.24) is 10.2 Å². The van der Waals surface area contributed by atoms with Crippen LogP contribution in [0.3, 0.4) is 0 Å². The molecule has 2 heterocycles. The summed E-state index contributed by atoms with van der Waals surface area (Å²) in [6, 6.07) is 7.12. The standard InChI is InChI=1S/C17H25FN2O/c1-21-12-15-11-20(10-14-4-2-3-5-16(14)18)13-17(15)6-8-19-9-7-17/h2-5,15,19H,6-13H2,1H3. The summed E-state index contributed by atoms with van der Waals surface area (Å²) >= 11 is 0. The Kier molecular flexibility index (Phi) is 4.57. The zero-order chi connectivity index (χ0) is 14.7. The number of ether oxygens (including phenoxy) is 1.